The van der Waals surface area contributed by atoms with Gasteiger partial charge in [-0.05, 0) is 86.1 Å². The second-order valence-corrected chi connectivity index (χ2v) is 11.2. The molecule has 2 heterocycles. The maximum atomic E-state index is 14.3. The first kappa shape index (κ1) is 30.3. The fourth-order valence-corrected chi connectivity index (χ4v) is 5.79. The van der Waals surface area contributed by atoms with E-state index in [0.29, 0.717) is 44.1 Å². The number of halogens is 1. The molecular weight excluding hydrogens is 543 g/mol. The molecule has 1 N–H and O–H groups in total. The zero-order chi connectivity index (χ0) is 29.2. The average Bonchev–Trinajstić information content (AvgIpc) is 3.65. The molecule has 0 atom stereocenters. The summed E-state index contributed by atoms with van der Waals surface area (Å²) in [7, 11) is 3.19. The molecule has 1 aliphatic heterocycles. The summed E-state index contributed by atoms with van der Waals surface area (Å²) in [6.07, 6.45) is 2.86. The molecule has 220 valence electrons. The third-order valence-corrected chi connectivity index (χ3v) is 8.40. The number of hydrogen-bond donors (Lipinski definition) is 1. The molecule has 0 bridgehead atoms. The van der Waals surface area contributed by atoms with E-state index in [-0.39, 0.29) is 18.1 Å². The largest absolute Gasteiger partial charge is 0.493 e. The summed E-state index contributed by atoms with van der Waals surface area (Å²) in [6.45, 7) is 5.82. The van der Waals surface area contributed by atoms with Gasteiger partial charge in [0.1, 0.15) is 12.4 Å². The molecule has 1 fully saturated rings. The van der Waals surface area contributed by atoms with Crippen LogP contribution in [-0.4, -0.2) is 80.1 Å². The summed E-state index contributed by atoms with van der Waals surface area (Å²) in [5.74, 6) is 0.600. The van der Waals surface area contributed by atoms with Crippen LogP contribution in [0.2, 0.25) is 0 Å². The Kier molecular flexibility index (Phi) is 11.0. The zero-order valence-corrected chi connectivity index (χ0v) is 24.8. The zero-order valence-electron chi connectivity index (χ0n) is 24.0. The van der Waals surface area contributed by atoms with Gasteiger partial charge in [-0.15, -0.1) is 11.3 Å². The van der Waals surface area contributed by atoms with Gasteiger partial charge < -0.3 is 29.5 Å². The van der Waals surface area contributed by atoms with Crippen molar-refractivity contribution >= 4 is 29.0 Å². The summed E-state index contributed by atoms with van der Waals surface area (Å²) >= 11 is 1.61. The fraction of sp³-hybridized carbons (Fsp3) is 0.419. The van der Waals surface area contributed by atoms with E-state index >= 15 is 0 Å². The van der Waals surface area contributed by atoms with Gasteiger partial charge in [-0.2, -0.15) is 0 Å². The van der Waals surface area contributed by atoms with E-state index in [1.165, 1.54) is 17.0 Å². The molecule has 0 radical (unpaired) electrons. The minimum absolute atomic E-state index is 0.0932. The number of methoxy groups -OCH3 is 2. The van der Waals surface area contributed by atoms with Gasteiger partial charge in [0, 0.05) is 24.5 Å². The highest BCUT2D eigenvalue weighted by Gasteiger charge is 2.24. The summed E-state index contributed by atoms with van der Waals surface area (Å²) in [4.78, 5) is 33.9. The van der Waals surface area contributed by atoms with Crippen LogP contribution in [-0.2, 0) is 17.8 Å². The number of rotatable bonds is 13. The number of amides is 3. The van der Waals surface area contributed by atoms with E-state index in [9.17, 15) is 14.0 Å². The molecule has 8 nitrogen and oxygen atoms in total. The summed E-state index contributed by atoms with van der Waals surface area (Å²) in [6, 6.07) is 13.3. The van der Waals surface area contributed by atoms with Gasteiger partial charge >= 0.3 is 6.03 Å². The highest BCUT2D eigenvalue weighted by molar-refractivity contribution is 7.10. The van der Waals surface area contributed by atoms with E-state index in [1.54, 1.807) is 42.6 Å². The number of nitrogens with one attached hydrogen (secondary N) is 1. The number of para-hydroxylation sites is 1. The molecule has 1 aromatic heterocycles. The molecule has 10 heteroatoms. The minimum Gasteiger partial charge on any atom is -0.493 e. The Morgan fingerprint density at radius 2 is 1.76 bits per heavy atom. The normalized spacial score (nSPS) is 13.2. The topological polar surface area (TPSA) is 74.4 Å². The van der Waals surface area contributed by atoms with Crippen molar-refractivity contribution in [1.29, 1.82) is 0 Å². The lowest BCUT2D eigenvalue weighted by Crippen LogP contribution is -2.47. The van der Waals surface area contributed by atoms with Gasteiger partial charge in [0.2, 0.25) is 5.91 Å². The van der Waals surface area contributed by atoms with E-state index in [0.717, 1.165) is 41.9 Å². The number of carbonyl (C=O) groups excluding carboxylic acids is 2. The van der Waals surface area contributed by atoms with Crippen molar-refractivity contribution in [2.45, 2.75) is 32.7 Å². The highest BCUT2D eigenvalue weighted by atomic mass is 32.1. The maximum absolute atomic E-state index is 14.3. The quantitative estimate of drug-likeness (QED) is 0.292. The van der Waals surface area contributed by atoms with Crippen LogP contribution >= 0.6 is 11.3 Å². The lowest BCUT2D eigenvalue weighted by Gasteiger charge is -2.29. The van der Waals surface area contributed by atoms with Crippen molar-refractivity contribution in [2.24, 2.45) is 0 Å². The van der Waals surface area contributed by atoms with Crippen molar-refractivity contribution in [3.8, 4) is 11.5 Å². The Labute approximate surface area is 245 Å². The number of benzene rings is 2. The molecule has 0 unspecified atom stereocenters. The number of carbonyl (C=O) groups is 2. The minimum atomic E-state index is -0.517. The molecule has 4 rings (SSSR count). The Morgan fingerprint density at radius 1 is 1.00 bits per heavy atom. The van der Waals surface area contributed by atoms with Gasteiger partial charge in [-0.3, -0.25) is 4.79 Å². The molecule has 3 amide bonds. The predicted molar refractivity (Wildman–Crippen MR) is 160 cm³/mol. The van der Waals surface area contributed by atoms with Crippen LogP contribution in [0.1, 0.15) is 28.8 Å². The van der Waals surface area contributed by atoms with Crippen molar-refractivity contribution in [2.75, 3.05) is 58.8 Å². The maximum Gasteiger partial charge on any atom is 0.322 e. The molecule has 0 saturated carbocycles. The van der Waals surface area contributed by atoms with E-state index < -0.39 is 11.8 Å². The van der Waals surface area contributed by atoms with Crippen LogP contribution in [0.25, 0.3) is 0 Å². The van der Waals surface area contributed by atoms with Gasteiger partial charge in [0.05, 0.1) is 26.5 Å². The number of ether oxygens (including phenoxy) is 2. The second-order valence-electron chi connectivity index (χ2n) is 10.2. The monoisotopic (exact) mass is 582 g/mol. The Bertz CT molecular complexity index is 1310. The first-order chi connectivity index (χ1) is 19.9. The summed E-state index contributed by atoms with van der Waals surface area (Å²) in [5, 5.41) is 4.68. The third-order valence-electron chi connectivity index (χ3n) is 7.39. The van der Waals surface area contributed by atoms with Crippen LogP contribution < -0.4 is 14.8 Å². The van der Waals surface area contributed by atoms with Crippen LogP contribution in [0.15, 0.2) is 53.9 Å². The third kappa shape index (κ3) is 8.43. The Morgan fingerprint density at radius 3 is 2.44 bits per heavy atom. The van der Waals surface area contributed by atoms with Gasteiger partial charge in [-0.25, -0.2) is 9.18 Å². The number of nitrogens with zero attached hydrogens (tertiary/aromatic N) is 3. The lowest BCUT2D eigenvalue weighted by molar-refractivity contribution is -0.132. The molecule has 2 aromatic carbocycles. The molecule has 0 spiro atoms. The fourth-order valence-electron chi connectivity index (χ4n) is 4.87. The molecule has 1 saturated heterocycles. The number of anilines is 1. The first-order valence-corrected chi connectivity index (χ1v) is 14.8. The standard InChI is InChI=1S/C31H39FN4O4S/c1-23-13-19-41-29(23)21-35(16-12-24-10-11-27(39-2)28(20-24)40-3)30(37)22-36(18-17-34-14-6-7-15-34)31(38)33-26-9-5-4-8-25(26)32/h4-5,8-11,13,19-20H,6-7,12,14-18,21-22H2,1-3H3,(H,33,38). The van der Waals surface area contributed by atoms with Gasteiger partial charge in [-0.1, -0.05) is 18.2 Å². The summed E-state index contributed by atoms with van der Waals surface area (Å²) < 4.78 is 25.1. The smallest absolute Gasteiger partial charge is 0.322 e. The number of likely N-dealkylation sites (tertiary alicyclic amines) is 1. The van der Waals surface area contributed by atoms with Gasteiger partial charge in [0.15, 0.2) is 11.5 Å². The molecule has 1 aliphatic rings. The SMILES string of the molecule is COc1ccc(CCN(Cc2sccc2C)C(=O)CN(CCN2CCCC2)C(=O)Nc2ccccc2F)cc1OC. The van der Waals surface area contributed by atoms with Crippen molar-refractivity contribution < 1.29 is 23.5 Å². The Balaban J connectivity index is 1.50. The van der Waals surface area contributed by atoms with Crippen LogP contribution in [0.3, 0.4) is 0 Å². The summed E-state index contributed by atoms with van der Waals surface area (Å²) in [5.41, 5.74) is 2.23. The number of hydrogen-bond acceptors (Lipinski definition) is 6. The van der Waals surface area contributed by atoms with Crippen molar-refractivity contribution in [1.82, 2.24) is 14.7 Å². The van der Waals surface area contributed by atoms with Crippen LogP contribution in [0, 0.1) is 12.7 Å². The first-order valence-electron chi connectivity index (χ1n) is 13.9. The molecule has 41 heavy (non-hydrogen) atoms. The van der Waals surface area contributed by atoms with E-state index in [2.05, 4.69) is 10.2 Å². The van der Waals surface area contributed by atoms with E-state index in [1.807, 2.05) is 36.6 Å². The van der Waals surface area contributed by atoms with Gasteiger partial charge in [0.25, 0.3) is 0 Å². The molecule has 0 aliphatic carbocycles. The predicted octanol–water partition coefficient (Wildman–Crippen LogP) is 5.41. The highest BCUT2D eigenvalue weighted by Crippen LogP contribution is 2.28. The molecule has 3 aromatic rings. The molecular formula is C31H39FN4O4S. The lowest BCUT2D eigenvalue weighted by atomic mass is 10.1. The number of thiophene rings is 1. The van der Waals surface area contributed by atoms with Crippen molar-refractivity contribution in [3.63, 3.8) is 0 Å². The van der Waals surface area contributed by atoms with Crippen LogP contribution in [0.5, 0.6) is 11.5 Å². The second kappa shape index (κ2) is 14.8. The average molecular weight is 583 g/mol. The Hall–Kier alpha value is -3.63. The van der Waals surface area contributed by atoms with Crippen LogP contribution in [0.4, 0.5) is 14.9 Å². The number of aryl methyl sites for hydroxylation is 1. The van der Waals surface area contributed by atoms with E-state index in [4.69, 9.17) is 9.47 Å². The number of urea groups is 1. The van der Waals surface area contributed by atoms with Crippen molar-refractivity contribution in [3.05, 3.63) is 75.7 Å².